The normalized spacial score (nSPS) is 14.8. The molecule has 0 aromatic heterocycles. The zero-order chi connectivity index (χ0) is 15.8. The molecule has 0 saturated heterocycles. The Balaban J connectivity index is 2.68. The third-order valence-corrected chi connectivity index (χ3v) is 3.68. The van der Waals surface area contributed by atoms with Gasteiger partial charge < -0.3 is 15.7 Å². The number of amides is 2. The van der Waals surface area contributed by atoms with Gasteiger partial charge in [0, 0.05) is 0 Å². The Morgan fingerprint density at radius 3 is 2.19 bits per heavy atom. The van der Waals surface area contributed by atoms with Crippen LogP contribution in [-0.4, -0.2) is 23.1 Å². The number of nitrogens with one attached hydrogen (secondary N) is 2. The van der Waals surface area contributed by atoms with Crippen LogP contribution in [0.15, 0.2) is 30.3 Å². The maximum atomic E-state index is 12.0. The highest BCUT2D eigenvalue weighted by Crippen LogP contribution is 2.16. The predicted molar refractivity (Wildman–Crippen MR) is 82.0 cm³/mol. The summed E-state index contributed by atoms with van der Waals surface area (Å²) in [6.45, 7) is 5.69. The minimum atomic E-state index is -1.01. The summed E-state index contributed by atoms with van der Waals surface area (Å²) in [5.74, 6) is -1.13. The molecule has 2 amide bonds. The number of aliphatic carboxylic acids is 1. The molecule has 0 aliphatic rings. The number of hydrogen-bond donors (Lipinski definition) is 3. The van der Waals surface area contributed by atoms with Crippen molar-refractivity contribution in [2.75, 3.05) is 0 Å². The lowest BCUT2D eigenvalue weighted by Crippen LogP contribution is -2.49. The van der Waals surface area contributed by atoms with Gasteiger partial charge in [-0.15, -0.1) is 0 Å². The van der Waals surface area contributed by atoms with Crippen molar-refractivity contribution in [3.05, 3.63) is 35.9 Å². The van der Waals surface area contributed by atoms with Crippen molar-refractivity contribution >= 4 is 12.0 Å². The Kier molecular flexibility index (Phi) is 6.72. The minimum Gasteiger partial charge on any atom is -0.480 e. The van der Waals surface area contributed by atoms with E-state index in [4.69, 9.17) is 0 Å². The van der Waals surface area contributed by atoms with Crippen LogP contribution in [0.5, 0.6) is 0 Å². The van der Waals surface area contributed by atoms with E-state index in [0.717, 1.165) is 12.0 Å². The fourth-order valence-corrected chi connectivity index (χ4v) is 2.13. The standard InChI is InChI=1S/C16H24N2O3/c1-4-11(3)14(15(19)20)18-16(21)17-13(5-2)12-9-7-6-8-10-12/h6-11,13-14H,4-5H2,1-3H3,(H,19,20)(H2,17,18,21). The van der Waals surface area contributed by atoms with Crippen molar-refractivity contribution < 1.29 is 14.7 Å². The van der Waals surface area contributed by atoms with Gasteiger partial charge >= 0.3 is 12.0 Å². The van der Waals surface area contributed by atoms with Gasteiger partial charge in [-0.1, -0.05) is 57.5 Å². The summed E-state index contributed by atoms with van der Waals surface area (Å²) in [6, 6.07) is 8.18. The smallest absolute Gasteiger partial charge is 0.326 e. The van der Waals surface area contributed by atoms with Gasteiger partial charge in [0.15, 0.2) is 0 Å². The summed E-state index contributed by atoms with van der Waals surface area (Å²) in [5.41, 5.74) is 1.01. The predicted octanol–water partition coefficient (Wildman–Crippen LogP) is 2.94. The zero-order valence-electron chi connectivity index (χ0n) is 12.8. The third-order valence-electron chi connectivity index (χ3n) is 3.68. The number of hydrogen-bond acceptors (Lipinski definition) is 2. The maximum Gasteiger partial charge on any atom is 0.326 e. The highest BCUT2D eigenvalue weighted by atomic mass is 16.4. The first kappa shape index (κ1) is 17.0. The Hall–Kier alpha value is -2.04. The number of urea groups is 1. The van der Waals surface area contributed by atoms with Gasteiger partial charge in [-0.3, -0.25) is 0 Å². The summed E-state index contributed by atoms with van der Waals surface area (Å²) in [6.07, 6.45) is 1.42. The van der Waals surface area contributed by atoms with E-state index < -0.39 is 18.0 Å². The molecule has 0 heterocycles. The molecule has 0 bridgehead atoms. The second kappa shape index (κ2) is 8.29. The van der Waals surface area contributed by atoms with E-state index in [1.54, 1.807) is 0 Å². The van der Waals surface area contributed by atoms with Crippen molar-refractivity contribution in [3.63, 3.8) is 0 Å². The van der Waals surface area contributed by atoms with E-state index in [1.165, 1.54) is 0 Å². The van der Waals surface area contributed by atoms with Crippen molar-refractivity contribution in [1.29, 1.82) is 0 Å². The van der Waals surface area contributed by atoms with Crippen molar-refractivity contribution in [1.82, 2.24) is 10.6 Å². The molecule has 1 aromatic carbocycles. The van der Waals surface area contributed by atoms with E-state index in [1.807, 2.05) is 51.1 Å². The van der Waals surface area contributed by atoms with Crippen LogP contribution in [0.3, 0.4) is 0 Å². The highest BCUT2D eigenvalue weighted by Gasteiger charge is 2.26. The van der Waals surface area contributed by atoms with Crippen LogP contribution in [0, 0.1) is 5.92 Å². The number of benzene rings is 1. The monoisotopic (exact) mass is 292 g/mol. The molecular weight excluding hydrogens is 268 g/mol. The van der Waals surface area contributed by atoms with Crippen LogP contribution in [0.1, 0.15) is 45.2 Å². The van der Waals surface area contributed by atoms with Gasteiger partial charge in [-0.2, -0.15) is 0 Å². The molecule has 116 valence electrons. The van der Waals surface area contributed by atoms with E-state index in [-0.39, 0.29) is 12.0 Å². The molecule has 1 rings (SSSR count). The Morgan fingerprint density at radius 2 is 1.71 bits per heavy atom. The van der Waals surface area contributed by atoms with E-state index >= 15 is 0 Å². The van der Waals surface area contributed by atoms with Gasteiger partial charge in [-0.25, -0.2) is 9.59 Å². The number of carboxylic acids is 1. The summed E-state index contributed by atoms with van der Waals surface area (Å²) in [7, 11) is 0. The highest BCUT2D eigenvalue weighted by molar-refractivity contribution is 5.82. The topological polar surface area (TPSA) is 78.4 Å². The molecule has 5 heteroatoms. The Labute approximate surface area is 125 Å². The molecule has 0 aliphatic carbocycles. The molecule has 0 saturated carbocycles. The molecule has 0 spiro atoms. The van der Waals surface area contributed by atoms with Crippen LogP contribution < -0.4 is 10.6 Å². The summed E-state index contributed by atoms with van der Waals surface area (Å²) in [5, 5.41) is 14.6. The summed E-state index contributed by atoms with van der Waals surface area (Å²) in [4.78, 5) is 23.3. The average Bonchev–Trinajstić information content (AvgIpc) is 2.50. The maximum absolute atomic E-state index is 12.0. The molecule has 0 aliphatic heterocycles. The first-order chi connectivity index (χ1) is 9.99. The van der Waals surface area contributed by atoms with E-state index in [2.05, 4.69) is 10.6 Å². The molecule has 3 N–H and O–H groups in total. The van der Waals surface area contributed by atoms with Crippen LogP contribution in [0.4, 0.5) is 4.79 Å². The van der Waals surface area contributed by atoms with Gasteiger partial charge in [0.1, 0.15) is 6.04 Å². The molecular formula is C16H24N2O3. The van der Waals surface area contributed by atoms with Crippen molar-refractivity contribution in [2.24, 2.45) is 5.92 Å². The first-order valence-corrected chi connectivity index (χ1v) is 7.34. The van der Waals surface area contributed by atoms with Gasteiger partial charge in [0.05, 0.1) is 6.04 Å². The number of rotatable bonds is 7. The number of carboxylic acid groups (broad SMARTS) is 1. The zero-order valence-corrected chi connectivity index (χ0v) is 12.8. The Bertz CT molecular complexity index is 462. The molecule has 5 nitrogen and oxygen atoms in total. The fourth-order valence-electron chi connectivity index (χ4n) is 2.13. The van der Waals surface area contributed by atoms with E-state index in [0.29, 0.717) is 6.42 Å². The summed E-state index contributed by atoms with van der Waals surface area (Å²) >= 11 is 0. The average molecular weight is 292 g/mol. The lowest BCUT2D eigenvalue weighted by atomic mass is 9.99. The van der Waals surface area contributed by atoms with Gasteiger partial charge in [0.25, 0.3) is 0 Å². The van der Waals surface area contributed by atoms with Crippen LogP contribution in [0.2, 0.25) is 0 Å². The number of carbonyl (C=O) groups is 2. The SMILES string of the molecule is CCC(NC(=O)NC(C(=O)O)C(C)CC)c1ccccc1. The minimum absolute atomic E-state index is 0.120. The lowest BCUT2D eigenvalue weighted by Gasteiger charge is -2.23. The largest absolute Gasteiger partial charge is 0.480 e. The number of carbonyl (C=O) groups excluding carboxylic acids is 1. The first-order valence-electron chi connectivity index (χ1n) is 7.34. The molecule has 1 aromatic rings. The van der Waals surface area contributed by atoms with Gasteiger partial charge in [0.2, 0.25) is 0 Å². The summed E-state index contributed by atoms with van der Waals surface area (Å²) < 4.78 is 0. The van der Waals surface area contributed by atoms with Crippen molar-refractivity contribution in [3.8, 4) is 0 Å². The third kappa shape index (κ3) is 5.10. The second-order valence-corrected chi connectivity index (χ2v) is 5.19. The molecule has 0 radical (unpaired) electrons. The quantitative estimate of drug-likeness (QED) is 0.723. The Morgan fingerprint density at radius 1 is 1.10 bits per heavy atom. The van der Waals surface area contributed by atoms with Gasteiger partial charge in [-0.05, 0) is 17.9 Å². The van der Waals surface area contributed by atoms with Crippen LogP contribution in [-0.2, 0) is 4.79 Å². The van der Waals surface area contributed by atoms with E-state index in [9.17, 15) is 14.7 Å². The molecule has 21 heavy (non-hydrogen) atoms. The molecule has 3 atom stereocenters. The van der Waals surface area contributed by atoms with Crippen LogP contribution >= 0.6 is 0 Å². The van der Waals surface area contributed by atoms with Crippen molar-refractivity contribution in [2.45, 2.75) is 45.7 Å². The van der Waals surface area contributed by atoms with Crippen LogP contribution in [0.25, 0.3) is 0 Å². The molecule has 0 fully saturated rings. The lowest BCUT2D eigenvalue weighted by molar-refractivity contribution is -0.140. The fraction of sp³-hybridized carbons (Fsp3) is 0.500. The molecule has 3 unspecified atom stereocenters. The second-order valence-electron chi connectivity index (χ2n) is 5.19.